The third-order valence-electron chi connectivity index (χ3n) is 7.58. The minimum absolute atomic E-state index is 0.249. The van der Waals surface area contributed by atoms with Crippen LogP contribution in [0.1, 0.15) is 27.2 Å². The highest BCUT2D eigenvalue weighted by Crippen LogP contribution is 2.48. The number of sulfonamides is 1. The Kier molecular flexibility index (Phi) is 8.61. The summed E-state index contributed by atoms with van der Waals surface area (Å²) < 4.78 is 27.4. The summed E-state index contributed by atoms with van der Waals surface area (Å²) in [5, 5.41) is 5.56. The van der Waals surface area contributed by atoms with Gasteiger partial charge in [0.25, 0.3) is 15.9 Å². The summed E-state index contributed by atoms with van der Waals surface area (Å²) in [5.41, 5.74) is 4.94. The number of nitrogens with one attached hydrogen (secondary N) is 2. The van der Waals surface area contributed by atoms with Crippen LogP contribution in [0.5, 0.6) is 0 Å². The molecule has 4 aromatic carbocycles. The minimum Gasteiger partial charge on any atom is -0.350 e. The molecule has 0 bridgehead atoms. The van der Waals surface area contributed by atoms with Crippen LogP contribution >= 0.6 is 23.1 Å². The van der Waals surface area contributed by atoms with E-state index in [1.165, 1.54) is 39.4 Å². The molecule has 0 unspecified atom stereocenters. The summed E-state index contributed by atoms with van der Waals surface area (Å²) in [6, 6.07) is 41.8. The highest BCUT2D eigenvalue weighted by molar-refractivity contribution is 8.00. The van der Waals surface area contributed by atoms with E-state index in [4.69, 9.17) is 0 Å². The van der Waals surface area contributed by atoms with Crippen LogP contribution in [0, 0.1) is 0 Å². The maximum Gasteiger partial charge on any atom is 0.273 e. The second-order valence-corrected chi connectivity index (χ2v) is 14.7. The number of carbonyl (C=O) groups is 1. The van der Waals surface area contributed by atoms with E-state index in [9.17, 15) is 13.2 Å². The molecule has 0 saturated heterocycles. The molecule has 0 radical (unpaired) electrons. The molecule has 2 aromatic heterocycles. The van der Waals surface area contributed by atoms with Crippen LogP contribution in [0.2, 0.25) is 0 Å². The molecule has 44 heavy (non-hydrogen) atoms. The molecule has 6 nitrogen and oxygen atoms in total. The third kappa shape index (κ3) is 5.66. The molecule has 0 atom stereocenters. The molecule has 222 valence electrons. The molecule has 0 aliphatic rings. The summed E-state index contributed by atoms with van der Waals surface area (Å²) in [4.78, 5) is 16.5. The Morgan fingerprint density at radius 2 is 1.41 bits per heavy atom. The fourth-order valence-corrected chi connectivity index (χ4v) is 9.22. The Bertz CT molecular complexity index is 1860. The van der Waals surface area contributed by atoms with Crippen LogP contribution in [-0.2, 0) is 14.8 Å². The van der Waals surface area contributed by atoms with E-state index in [0.717, 1.165) is 5.39 Å². The van der Waals surface area contributed by atoms with E-state index < -0.39 is 14.8 Å². The van der Waals surface area contributed by atoms with Crippen molar-refractivity contribution in [2.45, 2.75) is 8.96 Å². The van der Waals surface area contributed by atoms with Gasteiger partial charge in [-0.2, -0.15) is 0 Å². The van der Waals surface area contributed by atoms with E-state index in [1.54, 1.807) is 47.5 Å². The van der Waals surface area contributed by atoms with Crippen molar-refractivity contribution in [3.8, 4) is 0 Å². The summed E-state index contributed by atoms with van der Waals surface area (Å²) in [6.45, 7) is 0.437. The number of H-pyrrole nitrogens is 1. The van der Waals surface area contributed by atoms with Gasteiger partial charge in [0, 0.05) is 24.7 Å². The normalized spacial score (nSPS) is 11.8. The number of nitrogens with zero attached hydrogens (tertiary/aromatic N) is 1. The molecule has 6 aromatic rings. The zero-order chi connectivity index (χ0) is 30.6. The molecule has 0 aliphatic carbocycles. The Morgan fingerprint density at radius 1 is 0.818 bits per heavy atom. The van der Waals surface area contributed by atoms with Crippen LogP contribution in [0.25, 0.3) is 10.9 Å². The Balaban J connectivity index is 1.23. The second-order valence-electron chi connectivity index (χ2n) is 10.2. The molecule has 0 spiro atoms. The van der Waals surface area contributed by atoms with Crippen LogP contribution in [0.3, 0.4) is 0 Å². The maximum atomic E-state index is 13.3. The number of aromatic nitrogens is 1. The quantitative estimate of drug-likeness (QED) is 0.114. The van der Waals surface area contributed by atoms with Crippen LogP contribution < -0.4 is 9.62 Å². The average Bonchev–Trinajstić information content (AvgIpc) is 3.77. The zero-order valence-corrected chi connectivity index (χ0v) is 26.5. The number of thioether (sulfide) groups is 1. The molecule has 0 saturated carbocycles. The number of amides is 1. The number of hydrogen-bond donors (Lipinski definition) is 2. The van der Waals surface area contributed by atoms with Crippen molar-refractivity contribution in [3.05, 3.63) is 155 Å². The van der Waals surface area contributed by atoms with Crippen molar-refractivity contribution in [3.63, 3.8) is 0 Å². The van der Waals surface area contributed by atoms with Gasteiger partial charge in [-0.25, -0.2) is 8.42 Å². The molecule has 9 heteroatoms. The number of para-hydroxylation sites is 1. The van der Waals surface area contributed by atoms with E-state index in [-0.39, 0.29) is 10.1 Å². The Morgan fingerprint density at radius 3 is 1.95 bits per heavy atom. The fourth-order valence-electron chi connectivity index (χ4n) is 5.43. The van der Waals surface area contributed by atoms with E-state index in [1.807, 2.05) is 24.3 Å². The second kappa shape index (κ2) is 12.7. The largest absolute Gasteiger partial charge is 0.350 e. The number of carbonyl (C=O) groups excluding carboxylic acids is 1. The lowest BCUT2D eigenvalue weighted by Gasteiger charge is -2.35. The lowest BCUT2D eigenvalue weighted by atomic mass is 9.84. The van der Waals surface area contributed by atoms with Crippen LogP contribution in [-0.4, -0.2) is 38.7 Å². The molecule has 1 amide bonds. The number of hydrogen-bond acceptors (Lipinski definition) is 5. The number of benzene rings is 4. The van der Waals surface area contributed by atoms with Crippen molar-refractivity contribution >= 4 is 55.6 Å². The van der Waals surface area contributed by atoms with Crippen molar-refractivity contribution in [1.29, 1.82) is 0 Å². The monoisotopic (exact) mass is 637 g/mol. The molecule has 0 aliphatic heterocycles. The first kappa shape index (κ1) is 29.7. The van der Waals surface area contributed by atoms with Crippen molar-refractivity contribution in [2.24, 2.45) is 0 Å². The number of rotatable bonds is 11. The SMILES string of the molecule is CN(c1cccc2cc(C(=O)NCCSC(c3ccccc3)(c3ccccc3)c3ccccc3)[nH]c12)S(=O)(=O)c1cccs1. The molecule has 2 heterocycles. The van der Waals surface area contributed by atoms with Gasteiger partial charge in [-0.15, -0.1) is 23.1 Å². The number of aromatic amines is 1. The zero-order valence-electron chi connectivity index (χ0n) is 24.0. The van der Waals surface area contributed by atoms with Gasteiger partial charge < -0.3 is 10.3 Å². The van der Waals surface area contributed by atoms with Gasteiger partial charge >= 0.3 is 0 Å². The first-order valence-corrected chi connectivity index (χ1v) is 17.4. The van der Waals surface area contributed by atoms with Gasteiger partial charge in [-0.3, -0.25) is 9.10 Å². The van der Waals surface area contributed by atoms with Crippen LogP contribution in [0.4, 0.5) is 5.69 Å². The standard InChI is InChI=1S/C35H31N3O3S3/c1-38(44(40,41)32-21-12-23-42-32)31-20-11-13-26-25-30(37-33(26)31)34(39)36-22-24-43-35(27-14-5-2-6-15-27,28-16-7-3-8-17-28)29-18-9-4-10-19-29/h2-21,23,25,37H,22,24H2,1H3,(H,36,39). The van der Waals surface area contributed by atoms with Gasteiger partial charge in [-0.05, 0) is 40.3 Å². The summed E-state index contributed by atoms with van der Waals surface area (Å²) in [6.07, 6.45) is 0. The van der Waals surface area contributed by atoms with Gasteiger partial charge in [0.2, 0.25) is 0 Å². The molecular weight excluding hydrogens is 607 g/mol. The fraction of sp³-hybridized carbons (Fsp3) is 0.114. The maximum absolute atomic E-state index is 13.3. The van der Waals surface area contributed by atoms with Gasteiger partial charge in [0.15, 0.2) is 0 Å². The highest BCUT2D eigenvalue weighted by atomic mass is 32.2. The van der Waals surface area contributed by atoms with E-state index in [2.05, 4.69) is 83.1 Å². The topological polar surface area (TPSA) is 82.3 Å². The Hall–Kier alpha value is -4.31. The van der Waals surface area contributed by atoms with Gasteiger partial charge in [-0.1, -0.05) is 109 Å². The predicted octanol–water partition coefficient (Wildman–Crippen LogP) is 7.51. The van der Waals surface area contributed by atoms with Crippen molar-refractivity contribution < 1.29 is 13.2 Å². The van der Waals surface area contributed by atoms with Gasteiger partial charge in [0.1, 0.15) is 9.90 Å². The van der Waals surface area contributed by atoms with E-state index >= 15 is 0 Å². The summed E-state index contributed by atoms with van der Waals surface area (Å²) in [5.74, 6) is 0.402. The summed E-state index contributed by atoms with van der Waals surface area (Å²) in [7, 11) is -2.20. The smallest absolute Gasteiger partial charge is 0.273 e. The number of thiophene rings is 1. The molecular formula is C35H31N3O3S3. The highest BCUT2D eigenvalue weighted by Gasteiger charge is 2.36. The third-order valence-corrected chi connectivity index (χ3v) is 12.3. The van der Waals surface area contributed by atoms with E-state index in [0.29, 0.717) is 29.2 Å². The first-order valence-electron chi connectivity index (χ1n) is 14.1. The van der Waals surface area contributed by atoms with Gasteiger partial charge in [0.05, 0.1) is 16.0 Å². The predicted molar refractivity (Wildman–Crippen MR) is 182 cm³/mol. The Labute approximate surface area is 265 Å². The lowest BCUT2D eigenvalue weighted by Crippen LogP contribution is -2.30. The van der Waals surface area contributed by atoms with Crippen LogP contribution in [0.15, 0.2) is 137 Å². The average molecular weight is 638 g/mol. The molecule has 0 fully saturated rings. The van der Waals surface area contributed by atoms with Crippen molar-refractivity contribution in [2.75, 3.05) is 23.7 Å². The summed E-state index contributed by atoms with van der Waals surface area (Å²) >= 11 is 2.95. The molecule has 2 N–H and O–H groups in total. The lowest BCUT2D eigenvalue weighted by molar-refractivity contribution is 0.0952. The number of fused-ring (bicyclic) bond motifs is 1. The van der Waals surface area contributed by atoms with Crippen molar-refractivity contribution in [1.82, 2.24) is 10.3 Å². The number of anilines is 1. The first-order chi connectivity index (χ1) is 21.4. The minimum atomic E-state index is -3.72. The molecule has 6 rings (SSSR count).